The van der Waals surface area contributed by atoms with Gasteiger partial charge in [0.25, 0.3) is 0 Å². The summed E-state index contributed by atoms with van der Waals surface area (Å²) in [7, 11) is -7.74. The van der Waals surface area contributed by atoms with Gasteiger partial charge < -0.3 is 9.50 Å². The molecular weight excluding hydrogens is 416 g/mol. The minimum Gasteiger partial charge on any atom is -0.379 e. The molecule has 0 spiro atoms. The molecule has 2 aliphatic rings. The summed E-state index contributed by atoms with van der Waals surface area (Å²) < 4.78 is 56.9. The molecule has 1 fully saturated rings. The van der Waals surface area contributed by atoms with E-state index >= 15 is 0 Å². The molecule has 29 heavy (non-hydrogen) atoms. The van der Waals surface area contributed by atoms with Crippen molar-refractivity contribution in [3.05, 3.63) is 48.0 Å². The van der Waals surface area contributed by atoms with Crippen LogP contribution in [0.15, 0.2) is 52.3 Å². The minimum atomic E-state index is -4.13. The van der Waals surface area contributed by atoms with Crippen molar-refractivity contribution in [1.29, 1.82) is 0 Å². The van der Waals surface area contributed by atoms with E-state index in [2.05, 4.69) is 5.32 Å². The maximum absolute atomic E-state index is 12.6. The smallest absolute Gasteiger partial charge is 0.339 e. The molecule has 4 rings (SSSR count). The average molecular weight is 437 g/mol. The first-order chi connectivity index (χ1) is 13.8. The number of fused-ring (bicyclic) bond motifs is 1. The fourth-order valence-corrected chi connectivity index (χ4v) is 5.88. The number of nitrogens with zero attached hydrogens (tertiary/aromatic N) is 1. The van der Waals surface area contributed by atoms with Crippen molar-refractivity contribution < 1.29 is 25.8 Å². The number of rotatable bonds is 5. The highest BCUT2D eigenvalue weighted by Crippen LogP contribution is 2.29. The number of hydrogen-bond donors (Lipinski definition) is 1. The van der Waals surface area contributed by atoms with Crippen LogP contribution in [-0.2, 0) is 31.4 Å². The number of sulfonamides is 1. The molecule has 0 atom stereocenters. The Labute approximate surface area is 169 Å². The first-order valence-corrected chi connectivity index (χ1v) is 12.1. The molecule has 0 unspecified atom stereocenters. The van der Waals surface area contributed by atoms with Crippen LogP contribution >= 0.6 is 0 Å². The van der Waals surface area contributed by atoms with Crippen LogP contribution in [0.3, 0.4) is 0 Å². The summed E-state index contributed by atoms with van der Waals surface area (Å²) in [6.07, 6.45) is 2.48. The van der Waals surface area contributed by atoms with Crippen molar-refractivity contribution in [2.75, 3.05) is 18.4 Å². The van der Waals surface area contributed by atoms with Crippen LogP contribution < -0.4 is 9.50 Å². The highest BCUT2D eigenvalue weighted by molar-refractivity contribution is 7.89. The topological polar surface area (TPSA) is 110 Å². The number of hydrogen-bond acceptors (Lipinski definition) is 6. The molecule has 0 bridgehead atoms. The van der Waals surface area contributed by atoms with Gasteiger partial charge >= 0.3 is 10.1 Å². The number of nitrogens with one attached hydrogen (secondary N) is 1. The van der Waals surface area contributed by atoms with Crippen molar-refractivity contribution >= 4 is 31.7 Å². The molecule has 0 aromatic heterocycles. The molecule has 0 aliphatic carbocycles. The maximum atomic E-state index is 12.6. The molecule has 1 saturated heterocycles. The van der Waals surface area contributed by atoms with Gasteiger partial charge in [0.2, 0.25) is 15.9 Å². The Morgan fingerprint density at radius 2 is 1.52 bits per heavy atom. The summed E-state index contributed by atoms with van der Waals surface area (Å²) in [5.74, 6) is 0.0522. The second-order valence-electron chi connectivity index (χ2n) is 6.99. The van der Waals surface area contributed by atoms with E-state index in [4.69, 9.17) is 4.18 Å². The molecule has 0 saturated carbocycles. The predicted octanol–water partition coefficient (Wildman–Crippen LogP) is 2.12. The fourth-order valence-electron chi connectivity index (χ4n) is 3.44. The standard InChI is InChI=1S/C19H20N2O6S2/c22-19-10-3-14-13-15(4-9-18(14)20-19)27-29(25,26)17-7-5-16(6-8-17)28(23,24)21-11-1-2-12-21/h4-9,13H,1-3,10-12H2,(H,20,22). The molecule has 2 heterocycles. The van der Waals surface area contributed by atoms with Crippen molar-refractivity contribution in [2.45, 2.75) is 35.5 Å². The molecular formula is C19H20N2O6S2. The second-order valence-corrected chi connectivity index (χ2v) is 10.5. The number of carbonyl (C=O) groups excluding carboxylic acids is 1. The fraction of sp³-hybridized carbons (Fsp3) is 0.316. The van der Waals surface area contributed by atoms with E-state index in [0.717, 1.165) is 18.4 Å². The maximum Gasteiger partial charge on any atom is 0.339 e. The summed E-state index contributed by atoms with van der Waals surface area (Å²) in [5, 5.41) is 2.72. The Morgan fingerprint density at radius 1 is 0.862 bits per heavy atom. The Balaban J connectivity index is 1.54. The van der Waals surface area contributed by atoms with Crippen LogP contribution in [-0.4, -0.2) is 40.1 Å². The number of benzene rings is 2. The van der Waals surface area contributed by atoms with Crippen LogP contribution in [0.4, 0.5) is 5.69 Å². The van der Waals surface area contributed by atoms with Gasteiger partial charge in [-0.25, -0.2) is 8.42 Å². The van der Waals surface area contributed by atoms with Gasteiger partial charge in [0.15, 0.2) is 0 Å². The highest BCUT2D eigenvalue weighted by Gasteiger charge is 2.28. The van der Waals surface area contributed by atoms with E-state index in [0.29, 0.717) is 31.6 Å². The van der Waals surface area contributed by atoms with E-state index in [-0.39, 0.29) is 21.4 Å². The molecule has 10 heteroatoms. The van der Waals surface area contributed by atoms with Gasteiger partial charge in [-0.3, -0.25) is 4.79 Å². The van der Waals surface area contributed by atoms with E-state index in [1.54, 1.807) is 12.1 Å². The lowest BCUT2D eigenvalue weighted by Gasteiger charge is -2.17. The average Bonchev–Trinajstić information content (AvgIpc) is 3.24. The number of carbonyl (C=O) groups is 1. The van der Waals surface area contributed by atoms with Crippen molar-refractivity contribution in [1.82, 2.24) is 4.31 Å². The zero-order chi connectivity index (χ0) is 20.6. The first-order valence-electron chi connectivity index (χ1n) is 9.23. The summed E-state index contributed by atoms with van der Waals surface area (Å²) in [5.41, 5.74) is 1.44. The number of aryl methyl sites for hydroxylation is 1. The predicted molar refractivity (Wildman–Crippen MR) is 106 cm³/mol. The van der Waals surface area contributed by atoms with E-state index in [9.17, 15) is 21.6 Å². The van der Waals surface area contributed by atoms with Crippen LogP contribution in [0.1, 0.15) is 24.8 Å². The van der Waals surface area contributed by atoms with Crippen LogP contribution in [0.2, 0.25) is 0 Å². The Kier molecular flexibility index (Phi) is 5.09. The van der Waals surface area contributed by atoms with E-state index < -0.39 is 20.1 Å². The normalized spacial score (nSPS) is 17.6. The van der Waals surface area contributed by atoms with Gasteiger partial charge in [-0.2, -0.15) is 12.7 Å². The van der Waals surface area contributed by atoms with E-state index in [1.807, 2.05) is 0 Å². The van der Waals surface area contributed by atoms with Crippen LogP contribution in [0.25, 0.3) is 0 Å². The molecule has 2 aliphatic heterocycles. The summed E-state index contributed by atoms with van der Waals surface area (Å²) in [6.45, 7) is 0.953. The first kappa shape index (κ1) is 19.9. The third kappa shape index (κ3) is 4.00. The summed E-state index contributed by atoms with van der Waals surface area (Å²) >= 11 is 0. The Bertz CT molecular complexity index is 1150. The molecule has 2 aromatic rings. The van der Waals surface area contributed by atoms with Crippen LogP contribution in [0.5, 0.6) is 5.75 Å². The van der Waals surface area contributed by atoms with Crippen molar-refractivity contribution in [3.8, 4) is 5.75 Å². The van der Waals surface area contributed by atoms with Gasteiger partial charge in [0.1, 0.15) is 10.6 Å². The number of amides is 1. The second kappa shape index (κ2) is 7.43. The lowest BCUT2D eigenvalue weighted by Crippen LogP contribution is -2.27. The van der Waals surface area contributed by atoms with Gasteiger partial charge in [0, 0.05) is 25.2 Å². The molecule has 2 aromatic carbocycles. The molecule has 154 valence electrons. The van der Waals surface area contributed by atoms with Crippen molar-refractivity contribution in [2.24, 2.45) is 0 Å². The zero-order valence-electron chi connectivity index (χ0n) is 15.5. The largest absolute Gasteiger partial charge is 0.379 e. The summed E-state index contributed by atoms with van der Waals surface area (Å²) in [4.78, 5) is 11.3. The van der Waals surface area contributed by atoms with Crippen LogP contribution in [0, 0.1) is 0 Å². The highest BCUT2D eigenvalue weighted by atomic mass is 32.2. The van der Waals surface area contributed by atoms with Gasteiger partial charge in [-0.05, 0) is 67.3 Å². The Hall–Kier alpha value is -2.43. The SMILES string of the molecule is O=C1CCc2cc(OS(=O)(=O)c3ccc(S(=O)(=O)N4CCCC4)cc3)ccc2N1. The summed E-state index contributed by atoms with van der Waals surface area (Å²) in [6, 6.07) is 9.68. The lowest BCUT2D eigenvalue weighted by molar-refractivity contribution is -0.116. The lowest BCUT2D eigenvalue weighted by atomic mass is 10.0. The van der Waals surface area contributed by atoms with Crippen molar-refractivity contribution in [3.63, 3.8) is 0 Å². The van der Waals surface area contributed by atoms with Gasteiger partial charge in [-0.15, -0.1) is 0 Å². The minimum absolute atomic E-state index is 0.0582. The third-order valence-corrected chi connectivity index (χ3v) is 8.17. The molecule has 8 nitrogen and oxygen atoms in total. The molecule has 1 N–H and O–H groups in total. The molecule has 0 radical (unpaired) electrons. The Morgan fingerprint density at radius 3 is 2.21 bits per heavy atom. The zero-order valence-corrected chi connectivity index (χ0v) is 17.1. The van der Waals surface area contributed by atoms with Gasteiger partial charge in [-0.1, -0.05) is 0 Å². The molecule has 1 amide bonds. The monoisotopic (exact) mass is 436 g/mol. The van der Waals surface area contributed by atoms with Gasteiger partial charge in [0.05, 0.1) is 4.90 Å². The van der Waals surface area contributed by atoms with E-state index in [1.165, 1.54) is 34.6 Å². The number of anilines is 1. The quantitative estimate of drug-likeness (QED) is 0.719. The third-order valence-electron chi connectivity index (χ3n) is 4.99.